The van der Waals surface area contributed by atoms with Gasteiger partial charge in [-0.3, -0.25) is 0 Å². The maximum Gasteiger partial charge on any atom is 0.341 e. The van der Waals surface area contributed by atoms with Crippen LogP contribution in [0.2, 0.25) is 0 Å². The number of azide groups is 1. The molecule has 1 aromatic carbocycles. The number of carbonyl (C=O) groups is 1. The first-order valence-electron chi connectivity index (χ1n) is 6.12. The van der Waals surface area contributed by atoms with Crippen molar-refractivity contribution in [2.75, 3.05) is 34.2 Å². The Balaban J connectivity index is 2.99. The smallest absolute Gasteiger partial charge is 0.341 e. The minimum Gasteiger partial charge on any atom is -0.493 e. The van der Waals surface area contributed by atoms with E-state index in [1.807, 2.05) is 0 Å². The van der Waals surface area contributed by atoms with E-state index in [4.69, 9.17) is 24.5 Å². The van der Waals surface area contributed by atoms with Gasteiger partial charge in [-0.25, -0.2) is 4.79 Å². The summed E-state index contributed by atoms with van der Waals surface area (Å²) >= 11 is 0. The summed E-state index contributed by atoms with van der Waals surface area (Å²) in [5, 5.41) is 3.37. The normalized spacial score (nSPS) is 9.67. The van der Waals surface area contributed by atoms with E-state index >= 15 is 0 Å². The molecule has 0 atom stereocenters. The minimum atomic E-state index is -0.501. The SMILES string of the molecule is COCOc1cc(OCCN=[N+]=[N-])cc(C)c1C(=O)OC. The molecule has 0 aromatic heterocycles. The van der Waals surface area contributed by atoms with Crippen LogP contribution >= 0.6 is 0 Å². The monoisotopic (exact) mass is 295 g/mol. The van der Waals surface area contributed by atoms with Gasteiger partial charge in [0.05, 0.1) is 20.3 Å². The van der Waals surface area contributed by atoms with Crippen molar-refractivity contribution in [3.63, 3.8) is 0 Å². The largest absolute Gasteiger partial charge is 0.493 e. The lowest BCUT2D eigenvalue weighted by Gasteiger charge is -2.14. The number of ether oxygens (including phenoxy) is 4. The summed E-state index contributed by atoms with van der Waals surface area (Å²) in [5.41, 5.74) is 9.15. The number of methoxy groups -OCH3 is 2. The predicted octanol–water partition coefficient (Wildman–Crippen LogP) is 2.45. The van der Waals surface area contributed by atoms with Crippen LogP contribution in [0.4, 0.5) is 0 Å². The van der Waals surface area contributed by atoms with Crippen LogP contribution in [0, 0.1) is 6.92 Å². The molecule has 0 fully saturated rings. The standard InChI is InChI=1S/C13H17N3O5/c1-9-6-10(20-5-4-15-16-14)7-11(21-8-18-2)12(9)13(17)19-3/h6-7H,4-5,8H2,1-3H3. The van der Waals surface area contributed by atoms with Crippen LogP contribution in [0.25, 0.3) is 10.4 Å². The molecule has 21 heavy (non-hydrogen) atoms. The summed E-state index contributed by atoms with van der Waals surface area (Å²) in [6.45, 7) is 2.17. The molecule has 0 aliphatic heterocycles. The maximum absolute atomic E-state index is 11.8. The molecule has 0 N–H and O–H groups in total. The Kier molecular flexibility index (Phi) is 6.86. The van der Waals surface area contributed by atoms with Crippen molar-refractivity contribution in [3.8, 4) is 11.5 Å². The number of hydrogen-bond acceptors (Lipinski definition) is 6. The van der Waals surface area contributed by atoms with Crippen LogP contribution in [0.15, 0.2) is 17.2 Å². The highest BCUT2D eigenvalue weighted by Crippen LogP contribution is 2.29. The van der Waals surface area contributed by atoms with Gasteiger partial charge in [-0.05, 0) is 24.1 Å². The van der Waals surface area contributed by atoms with Gasteiger partial charge in [0, 0.05) is 18.1 Å². The number of carbonyl (C=O) groups excluding carboxylic acids is 1. The zero-order valence-electron chi connectivity index (χ0n) is 12.2. The summed E-state index contributed by atoms with van der Waals surface area (Å²) in [7, 11) is 2.77. The molecule has 0 bridgehead atoms. The van der Waals surface area contributed by atoms with Crippen LogP contribution in [0.5, 0.6) is 11.5 Å². The number of nitrogens with zero attached hydrogens (tertiary/aromatic N) is 3. The maximum atomic E-state index is 11.8. The van der Waals surface area contributed by atoms with Gasteiger partial charge in [-0.1, -0.05) is 5.11 Å². The Labute approximate surface area is 122 Å². The molecule has 0 aliphatic rings. The predicted molar refractivity (Wildman–Crippen MR) is 74.5 cm³/mol. The van der Waals surface area contributed by atoms with Gasteiger partial charge in [0.1, 0.15) is 17.1 Å². The molecule has 0 aliphatic carbocycles. The Bertz CT molecular complexity index is 541. The molecule has 0 spiro atoms. The van der Waals surface area contributed by atoms with E-state index in [1.165, 1.54) is 14.2 Å². The molecule has 1 rings (SSSR count). The molecule has 8 heteroatoms. The molecule has 8 nitrogen and oxygen atoms in total. The fraction of sp³-hybridized carbons (Fsp3) is 0.462. The number of esters is 1. The molecule has 0 amide bonds. The third kappa shape index (κ3) is 4.87. The van der Waals surface area contributed by atoms with Crippen molar-refractivity contribution in [1.82, 2.24) is 0 Å². The highest BCUT2D eigenvalue weighted by Gasteiger charge is 2.18. The van der Waals surface area contributed by atoms with Crippen LogP contribution in [-0.4, -0.2) is 40.1 Å². The molecule has 1 aromatic rings. The summed E-state index contributed by atoms with van der Waals surface area (Å²) in [4.78, 5) is 14.4. The van der Waals surface area contributed by atoms with Gasteiger partial charge in [-0.15, -0.1) is 0 Å². The fourth-order valence-corrected chi connectivity index (χ4v) is 1.66. The molecular weight excluding hydrogens is 278 g/mol. The van der Waals surface area contributed by atoms with Crippen LogP contribution in [0.3, 0.4) is 0 Å². The third-order valence-electron chi connectivity index (χ3n) is 2.52. The van der Waals surface area contributed by atoms with Crippen LogP contribution in [0.1, 0.15) is 15.9 Å². The van der Waals surface area contributed by atoms with Gasteiger partial charge in [0.25, 0.3) is 0 Å². The summed E-state index contributed by atoms with van der Waals surface area (Å²) in [5.74, 6) is 0.307. The Morgan fingerprint density at radius 2 is 2.10 bits per heavy atom. The molecule has 0 saturated heterocycles. The van der Waals surface area contributed by atoms with Crippen LogP contribution in [-0.2, 0) is 9.47 Å². The second-order valence-corrected chi connectivity index (χ2v) is 3.96. The first kappa shape index (κ1) is 16.6. The topological polar surface area (TPSA) is 103 Å². The lowest BCUT2D eigenvalue weighted by atomic mass is 10.1. The lowest BCUT2D eigenvalue weighted by molar-refractivity contribution is 0.0462. The molecule has 114 valence electrons. The van der Waals surface area contributed by atoms with E-state index in [1.54, 1.807) is 19.1 Å². The van der Waals surface area contributed by atoms with Gasteiger partial charge in [-0.2, -0.15) is 0 Å². The number of hydrogen-bond donors (Lipinski definition) is 0. The van der Waals surface area contributed by atoms with Gasteiger partial charge >= 0.3 is 5.97 Å². The molecule has 0 heterocycles. The Morgan fingerprint density at radius 1 is 1.33 bits per heavy atom. The molecule has 0 unspecified atom stereocenters. The van der Waals surface area contributed by atoms with Crippen molar-refractivity contribution in [2.24, 2.45) is 5.11 Å². The molecule has 0 saturated carbocycles. The zero-order chi connectivity index (χ0) is 15.7. The Hall–Kier alpha value is -2.44. The van der Waals surface area contributed by atoms with Crippen molar-refractivity contribution >= 4 is 5.97 Å². The molecular formula is C13H17N3O5. The third-order valence-corrected chi connectivity index (χ3v) is 2.52. The minimum absolute atomic E-state index is 0.00832. The fourth-order valence-electron chi connectivity index (χ4n) is 1.66. The summed E-state index contributed by atoms with van der Waals surface area (Å²) < 4.78 is 20.4. The van der Waals surface area contributed by atoms with Gasteiger partial charge < -0.3 is 18.9 Å². The van der Waals surface area contributed by atoms with E-state index in [0.717, 1.165) is 0 Å². The second kappa shape index (κ2) is 8.68. The zero-order valence-corrected chi connectivity index (χ0v) is 12.2. The van der Waals surface area contributed by atoms with Gasteiger partial charge in [0.2, 0.25) is 0 Å². The van der Waals surface area contributed by atoms with E-state index in [9.17, 15) is 4.79 Å². The average molecular weight is 295 g/mol. The highest BCUT2D eigenvalue weighted by molar-refractivity contribution is 5.94. The number of rotatable bonds is 8. The first-order chi connectivity index (χ1) is 10.1. The van der Waals surface area contributed by atoms with Crippen molar-refractivity contribution < 1.29 is 23.7 Å². The molecule has 0 radical (unpaired) electrons. The summed E-state index contributed by atoms with van der Waals surface area (Å²) in [6.07, 6.45) is 0. The van der Waals surface area contributed by atoms with E-state index < -0.39 is 5.97 Å². The van der Waals surface area contributed by atoms with Crippen molar-refractivity contribution in [3.05, 3.63) is 33.7 Å². The number of aryl methyl sites for hydroxylation is 1. The highest BCUT2D eigenvalue weighted by atomic mass is 16.7. The average Bonchev–Trinajstić information content (AvgIpc) is 2.48. The van der Waals surface area contributed by atoms with Crippen molar-refractivity contribution in [1.29, 1.82) is 0 Å². The van der Waals surface area contributed by atoms with Crippen molar-refractivity contribution in [2.45, 2.75) is 6.92 Å². The second-order valence-electron chi connectivity index (χ2n) is 3.96. The lowest BCUT2D eigenvalue weighted by Crippen LogP contribution is -2.10. The van der Waals surface area contributed by atoms with E-state index in [-0.39, 0.29) is 19.9 Å². The quantitative estimate of drug-likeness (QED) is 0.183. The Morgan fingerprint density at radius 3 is 2.71 bits per heavy atom. The number of benzene rings is 1. The van der Waals surface area contributed by atoms with Crippen LogP contribution < -0.4 is 9.47 Å². The first-order valence-corrected chi connectivity index (χ1v) is 6.12. The summed E-state index contributed by atoms with van der Waals surface area (Å²) in [6, 6.07) is 3.25. The van der Waals surface area contributed by atoms with E-state index in [2.05, 4.69) is 10.0 Å². The van der Waals surface area contributed by atoms with Gasteiger partial charge in [0.15, 0.2) is 6.79 Å². The van der Waals surface area contributed by atoms with E-state index in [0.29, 0.717) is 22.6 Å².